The molecule has 2 nitrogen and oxygen atoms in total. The van der Waals surface area contributed by atoms with Crippen LogP contribution in [-0.2, 0) is 0 Å². The van der Waals surface area contributed by atoms with E-state index in [0.717, 1.165) is 17.7 Å². The van der Waals surface area contributed by atoms with Gasteiger partial charge in [0.05, 0.1) is 5.69 Å². The van der Waals surface area contributed by atoms with Gasteiger partial charge in [0.2, 0.25) is 0 Å². The van der Waals surface area contributed by atoms with Gasteiger partial charge in [0.15, 0.2) is 0 Å². The Kier molecular flexibility index (Phi) is 4.36. The van der Waals surface area contributed by atoms with Gasteiger partial charge < -0.3 is 5.73 Å². The van der Waals surface area contributed by atoms with Crippen LogP contribution >= 0.6 is 35.6 Å². The van der Waals surface area contributed by atoms with Crippen molar-refractivity contribution in [3.8, 4) is 11.3 Å². The number of nitrogens with zero attached hydrogens (tertiary/aromatic N) is 1. The maximum Gasteiger partial charge on any atom is 0.0703 e. The van der Waals surface area contributed by atoms with Crippen molar-refractivity contribution in [2.75, 3.05) is 0 Å². The summed E-state index contributed by atoms with van der Waals surface area (Å²) in [4.78, 5) is 4.45. The smallest absolute Gasteiger partial charge is 0.0703 e. The second kappa shape index (κ2) is 5.68. The van der Waals surface area contributed by atoms with Gasteiger partial charge >= 0.3 is 0 Å². The minimum Gasteiger partial charge on any atom is -0.327 e. The summed E-state index contributed by atoms with van der Waals surface area (Å²) in [6.07, 6.45) is 2.95. The lowest BCUT2D eigenvalue weighted by Crippen LogP contribution is -2.01. The SMILES string of the molecule is Cl.N[C@H]1C[C@@H]1c1ccc(-c2cc(Cl)cc(Cl)c2)nc1. The predicted octanol–water partition coefficient (Wildman–Crippen LogP) is 4.29. The molecule has 0 aliphatic heterocycles. The van der Waals surface area contributed by atoms with E-state index in [-0.39, 0.29) is 12.4 Å². The molecule has 0 saturated heterocycles. The summed E-state index contributed by atoms with van der Waals surface area (Å²) in [5.74, 6) is 0.481. The number of rotatable bonds is 2. The van der Waals surface area contributed by atoms with Crippen LogP contribution in [0.2, 0.25) is 10.0 Å². The van der Waals surface area contributed by atoms with Crippen LogP contribution in [0.15, 0.2) is 36.5 Å². The van der Waals surface area contributed by atoms with E-state index in [1.807, 2.05) is 24.4 Å². The average Bonchev–Trinajstić information content (AvgIpc) is 3.05. The molecule has 0 spiro atoms. The molecular formula is C14H13Cl3N2. The Morgan fingerprint density at radius 3 is 2.21 bits per heavy atom. The van der Waals surface area contributed by atoms with Crippen LogP contribution in [0.3, 0.4) is 0 Å². The first-order valence-corrected chi connectivity index (χ1v) is 6.57. The number of pyridine rings is 1. The maximum absolute atomic E-state index is 5.98. The fraction of sp³-hybridized carbons (Fsp3) is 0.214. The summed E-state index contributed by atoms with van der Waals surface area (Å²) >= 11 is 12.0. The summed E-state index contributed by atoms with van der Waals surface area (Å²) in [7, 11) is 0. The van der Waals surface area contributed by atoms with E-state index in [9.17, 15) is 0 Å². The van der Waals surface area contributed by atoms with Crippen LogP contribution in [0.4, 0.5) is 0 Å². The van der Waals surface area contributed by atoms with Gasteiger partial charge in [-0.15, -0.1) is 12.4 Å². The van der Waals surface area contributed by atoms with Crippen molar-refractivity contribution in [1.82, 2.24) is 4.98 Å². The molecule has 3 rings (SSSR count). The Labute approximate surface area is 128 Å². The van der Waals surface area contributed by atoms with Crippen molar-refractivity contribution >= 4 is 35.6 Å². The molecule has 2 atom stereocenters. The normalized spacial score (nSPS) is 20.8. The van der Waals surface area contributed by atoms with Crippen molar-refractivity contribution in [2.45, 2.75) is 18.4 Å². The molecule has 1 fully saturated rings. The molecule has 19 heavy (non-hydrogen) atoms. The summed E-state index contributed by atoms with van der Waals surface area (Å²) in [6.45, 7) is 0. The standard InChI is InChI=1S/C14H12Cl2N2.ClH/c15-10-3-9(4-11(16)5-10)14-2-1-8(7-18-14)12-6-13(12)17;/h1-5,7,12-13H,6,17H2;1H/t12-,13+;/m1./s1. The quantitative estimate of drug-likeness (QED) is 0.897. The zero-order valence-electron chi connectivity index (χ0n) is 10.0. The van der Waals surface area contributed by atoms with Gasteiger partial charge in [0.25, 0.3) is 0 Å². The summed E-state index contributed by atoms with van der Waals surface area (Å²) in [5.41, 5.74) is 8.83. The topological polar surface area (TPSA) is 38.9 Å². The second-order valence-corrected chi connectivity index (χ2v) is 5.51. The minimum atomic E-state index is 0. The fourth-order valence-electron chi connectivity index (χ4n) is 2.10. The molecule has 100 valence electrons. The summed E-state index contributed by atoms with van der Waals surface area (Å²) in [6, 6.07) is 9.80. The van der Waals surface area contributed by atoms with Crippen LogP contribution in [0.5, 0.6) is 0 Å². The van der Waals surface area contributed by atoms with Crippen molar-refractivity contribution < 1.29 is 0 Å². The Morgan fingerprint density at radius 1 is 1.11 bits per heavy atom. The van der Waals surface area contributed by atoms with Crippen LogP contribution in [0.25, 0.3) is 11.3 Å². The highest BCUT2D eigenvalue weighted by Gasteiger charge is 2.34. The van der Waals surface area contributed by atoms with Crippen molar-refractivity contribution in [2.24, 2.45) is 5.73 Å². The molecule has 1 heterocycles. The molecule has 5 heteroatoms. The zero-order valence-corrected chi connectivity index (χ0v) is 12.3. The highest BCUT2D eigenvalue weighted by atomic mass is 35.5. The minimum absolute atomic E-state index is 0. The number of nitrogens with two attached hydrogens (primary N) is 1. The Bertz CT molecular complexity index is 563. The Balaban J connectivity index is 0.00000133. The molecule has 0 radical (unpaired) electrons. The predicted molar refractivity (Wildman–Crippen MR) is 82.3 cm³/mol. The number of benzene rings is 1. The third-order valence-corrected chi connectivity index (χ3v) is 3.65. The van der Waals surface area contributed by atoms with E-state index in [1.165, 1.54) is 5.56 Å². The summed E-state index contributed by atoms with van der Waals surface area (Å²) in [5, 5.41) is 1.24. The molecule has 2 N–H and O–H groups in total. The molecule has 1 saturated carbocycles. The lowest BCUT2D eigenvalue weighted by molar-refractivity contribution is 0.981. The van der Waals surface area contributed by atoms with E-state index in [2.05, 4.69) is 11.1 Å². The van der Waals surface area contributed by atoms with Crippen LogP contribution in [-0.4, -0.2) is 11.0 Å². The van der Waals surface area contributed by atoms with Gasteiger partial charge in [0, 0.05) is 33.8 Å². The molecule has 0 bridgehead atoms. The highest BCUT2D eigenvalue weighted by Crippen LogP contribution is 2.39. The summed E-state index contributed by atoms with van der Waals surface area (Å²) < 4.78 is 0. The third kappa shape index (κ3) is 3.21. The number of hydrogen-bond donors (Lipinski definition) is 1. The highest BCUT2D eigenvalue weighted by molar-refractivity contribution is 6.35. The first-order chi connectivity index (χ1) is 8.63. The third-order valence-electron chi connectivity index (χ3n) is 3.21. The number of halogens is 3. The molecule has 1 aliphatic carbocycles. The molecule has 1 aromatic carbocycles. The van der Waals surface area contributed by atoms with Gasteiger partial charge in [-0.05, 0) is 36.2 Å². The van der Waals surface area contributed by atoms with Crippen LogP contribution in [0, 0.1) is 0 Å². The van der Waals surface area contributed by atoms with Crippen LogP contribution < -0.4 is 5.73 Å². The van der Waals surface area contributed by atoms with Crippen molar-refractivity contribution in [3.05, 3.63) is 52.1 Å². The number of aromatic nitrogens is 1. The van der Waals surface area contributed by atoms with E-state index in [0.29, 0.717) is 22.0 Å². The first kappa shape index (κ1) is 14.6. The lowest BCUT2D eigenvalue weighted by Gasteiger charge is -2.04. The number of hydrogen-bond acceptors (Lipinski definition) is 2. The van der Waals surface area contributed by atoms with Gasteiger partial charge in [-0.3, -0.25) is 4.98 Å². The lowest BCUT2D eigenvalue weighted by atomic mass is 10.1. The monoisotopic (exact) mass is 314 g/mol. The Hall–Kier alpha value is -0.800. The van der Waals surface area contributed by atoms with Crippen molar-refractivity contribution in [1.29, 1.82) is 0 Å². The van der Waals surface area contributed by atoms with E-state index in [1.54, 1.807) is 6.07 Å². The largest absolute Gasteiger partial charge is 0.327 e. The molecule has 1 aromatic heterocycles. The van der Waals surface area contributed by atoms with E-state index < -0.39 is 0 Å². The van der Waals surface area contributed by atoms with E-state index >= 15 is 0 Å². The van der Waals surface area contributed by atoms with Gasteiger partial charge in [-0.25, -0.2) is 0 Å². The van der Waals surface area contributed by atoms with Crippen molar-refractivity contribution in [3.63, 3.8) is 0 Å². The molecule has 1 aliphatic rings. The fourth-order valence-corrected chi connectivity index (χ4v) is 2.62. The molecule has 0 unspecified atom stereocenters. The van der Waals surface area contributed by atoms with Crippen LogP contribution in [0.1, 0.15) is 17.9 Å². The first-order valence-electron chi connectivity index (χ1n) is 5.81. The second-order valence-electron chi connectivity index (χ2n) is 4.64. The van der Waals surface area contributed by atoms with Gasteiger partial charge in [-0.1, -0.05) is 29.3 Å². The zero-order chi connectivity index (χ0) is 12.7. The van der Waals surface area contributed by atoms with E-state index in [4.69, 9.17) is 28.9 Å². The van der Waals surface area contributed by atoms with Gasteiger partial charge in [0.1, 0.15) is 0 Å². The van der Waals surface area contributed by atoms with Gasteiger partial charge in [-0.2, -0.15) is 0 Å². The molecule has 2 aromatic rings. The average molecular weight is 316 g/mol. The maximum atomic E-state index is 5.98. The molecule has 0 amide bonds. The Morgan fingerprint density at radius 2 is 1.74 bits per heavy atom. The molecular weight excluding hydrogens is 303 g/mol.